The summed E-state index contributed by atoms with van der Waals surface area (Å²) in [6, 6.07) is 15.4. The lowest BCUT2D eigenvalue weighted by molar-refractivity contribution is 0.809. The molecule has 2 aromatic carbocycles. The van der Waals surface area contributed by atoms with E-state index in [0.29, 0.717) is 5.92 Å². The van der Waals surface area contributed by atoms with Gasteiger partial charge in [0.1, 0.15) is 0 Å². The first kappa shape index (κ1) is 11.5. The minimum atomic E-state index is 0.540. The third kappa shape index (κ3) is 1.88. The van der Waals surface area contributed by atoms with Gasteiger partial charge in [-0.3, -0.25) is 0 Å². The van der Waals surface area contributed by atoms with E-state index >= 15 is 0 Å². The molecule has 3 rings (SSSR count). The quantitative estimate of drug-likeness (QED) is 0.640. The van der Waals surface area contributed by atoms with Crippen molar-refractivity contribution in [2.24, 2.45) is 0 Å². The van der Waals surface area contributed by atoms with Gasteiger partial charge in [-0.25, -0.2) is 0 Å². The van der Waals surface area contributed by atoms with E-state index in [2.05, 4.69) is 74.3 Å². The van der Waals surface area contributed by atoms with Crippen LogP contribution in [0, 0.1) is 0 Å². The van der Waals surface area contributed by atoms with Crippen LogP contribution in [0.1, 0.15) is 23.5 Å². The molecule has 0 fully saturated rings. The van der Waals surface area contributed by atoms with Crippen molar-refractivity contribution in [3.63, 3.8) is 0 Å². The third-order valence-corrected chi connectivity index (χ3v) is 4.36. The van der Waals surface area contributed by atoms with E-state index in [1.54, 1.807) is 0 Å². The molecule has 0 heterocycles. The minimum absolute atomic E-state index is 0.540. The van der Waals surface area contributed by atoms with Gasteiger partial charge in [-0.05, 0) is 40.8 Å². The fourth-order valence-corrected chi connectivity index (χ4v) is 3.54. The lowest BCUT2D eigenvalue weighted by Gasteiger charge is -2.11. The van der Waals surface area contributed by atoms with Crippen molar-refractivity contribution < 1.29 is 0 Å². The summed E-state index contributed by atoms with van der Waals surface area (Å²) in [5.41, 5.74) is 5.73. The van der Waals surface area contributed by atoms with Crippen LogP contribution < -0.4 is 0 Å². The Morgan fingerprint density at radius 2 is 1.71 bits per heavy atom. The van der Waals surface area contributed by atoms with Crippen molar-refractivity contribution in [2.75, 3.05) is 5.33 Å². The number of alkyl halides is 1. The molecule has 2 aromatic rings. The molecule has 1 atom stereocenters. The first-order valence-corrected chi connectivity index (χ1v) is 7.67. The summed E-state index contributed by atoms with van der Waals surface area (Å²) >= 11 is 7.15. The predicted octanol–water partition coefficient (Wildman–Crippen LogP) is 5.35. The molecule has 0 N–H and O–H groups in total. The highest BCUT2D eigenvalue weighted by molar-refractivity contribution is 9.10. The zero-order chi connectivity index (χ0) is 11.8. The summed E-state index contributed by atoms with van der Waals surface area (Å²) in [5.74, 6) is 0.540. The van der Waals surface area contributed by atoms with Gasteiger partial charge in [0.25, 0.3) is 0 Å². The SMILES string of the molecule is BrCCC1c2ccccc2-c2ccc(Br)cc21. The second-order valence-electron chi connectivity index (χ2n) is 4.35. The Bertz CT molecular complexity index is 561. The average Bonchev–Trinajstić information content (AvgIpc) is 2.65. The Kier molecular flexibility index (Phi) is 3.10. The van der Waals surface area contributed by atoms with E-state index in [1.165, 1.54) is 26.7 Å². The summed E-state index contributed by atoms with van der Waals surface area (Å²) in [7, 11) is 0. The number of hydrogen-bond acceptors (Lipinski definition) is 0. The van der Waals surface area contributed by atoms with Crippen molar-refractivity contribution in [3.8, 4) is 11.1 Å². The zero-order valence-corrected chi connectivity index (χ0v) is 12.5. The largest absolute Gasteiger partial charge is 0.0928 e. The molecule has 0 bridgehead atoms. The summed E-state index contributed by atoms with van der Waals surface area (Å²) in [6.07, 6.45) is 1.15. The van der Waals surface area contributed by atoms with E-state index in [4.69, 9.17) is 0 Å². The van der Waals surface area contributed by atoms with Gasteiger partial charge < -0.3 is 0 Å². The number of halogens is 2. The van der Waals surface area contributed by atoms with Gasteiger partial charge in [-0.1, -0.05) is 62.2 Å². The summed E-state index contributed by atoms with van der Waals surface area (Å²) in [4.78, 5) is 0. The monoisotopic (exact) mass is 350 g/mol. The van der Waals surface area contributed by atoms with Crippen molar-refractivity contribution in [3.05, 3.63) is 58.1 Å². The highest BCUT2D eigenvalue weighted by atomic mass is 79.9. The maximum absolute atomic E-state index is 3.58. The van der Waals surface area contributed by atoms with E-state index in [1.807, 2.05) is 0 Å². The third-order valence-electron chi connectivity index (χ3n) is 3.41. The van der Waals surface area contributed by atoms with Gasteiger partial charge in [0.2, 0.25) is 0 Å². The standard InChI is InChI=1S/C15H12Br2/c16-8-7-14-12-4-2-1-3-11(12)13-6-5-10(17)9-15(13)14/h1-6,9,14H,7-8H2. The number of rotatable bonds is 2. The van der Waals surface area contributed by atoms with Gasteiger partial charge in [-0.2, -0.15) is 0 Å². The molecule has 86 valence electrons. The lowest BCUT2D eigenvalue weighted by Crippen LogP contribution is -1.97. The lowest BCUT2D eigenvalue weighted by atomic mass is 9.95. The Hall–Kier alpha value is -0.600. The number of hydrogen-bond donors (Lipinski definition) is 0. The fraction of sp³-hybridized carbons (Fsp3) is 0.200. The maximum atomic E-state index is 3.58. The van der Waals surface area contributed by atoms with E-state index < -0.39 is 0 Å². The minimum Gasteiger partial charge on any atom is -0.0928 e. The van der Waals surface area contributed by atoms with Gasteiger partial charge in [0, 0.05) is 15.7 Å². The summed E-state index contributed by atoms with van der Waals surface area (Å²) < 4.78 is 1.17. The first-order chi connectivity index (χ1) is 8.31. The molecule has 0 aliphatic heterocycles. The molecule has 0 saturated heterocycles. The Balaban J connectivity index is 2.22. The predicted molar refractivity (Wildman–Crippen MR) is 79.8 cm³/mol. The van der Waals surface area contributed by atoms with E-state index in [9.17, 15) is 0 Å². The van der Waals surface area contributed by atoms with Gasteiger partial charge in [0.15, 0.2) is 0 Å². The molecule has 0 radical (unpaired) electrons. The van der Waals surface area contributed by atoms with Crippen LogP contribution in [0.4, 0.5) is 0 Å². The highest BCUT2D eigenvalue weighted by Crippen LogP contribution is 2.47. The molecule has 1 aliphatic carbocycles. The van der Waals surface area contributed by atoms with Crippen molar-refractivity contribution >= 4 is 31.9 Å². The van der Waals surface area contributed by atoms with Crippen LogP contribution in [0.5, 0.6) is 0 Å². The van der Waals surface area contributed by atoms with Crippen molar-refractivity contribution in [1.82, 2.24) is 0 Å². The summed E-state index contributed by atoms with van der Waals surface area (Å²) in [6.45, 7) is 0. The van der Waals surface area contributed by atoms with Gasteiger partial charge >= 0.3 is 0 Å². The van der Waals surface area contributed by atoms with E-state index in [-0.39, 0.29) is 0 Å². The molecule has 17 heavy (non-hydrogen) atoms. The van der Waals surface area contributed by atoms with Crippen LogP contribution in [0.2, 0.25) is 0 Å². The van der Waals surface area contributed by atoms with Gasteiger partial charge in [0.05, 0.1) is 0 Å². The first-order valence-electron chi connectivity index (χ1n) is 5.76. The molecular formula is C15H12Br2. The van der Waals surface area contributed by atoms with Crippen LogP contribution in [0.25, 0.3) is 11.1 Å². The fourth-order valence-electron chi connectivity index (χ4n) is 2.70. The normalized spacial score (nSPS) is 16.7. The second kappa shape index (κ2) is 4.58. The molecule has 1 aliphatic rings. The topological polar surface area (TPSA) is 0 Å². The number of benzene rings is 2. The van der Waals surface area contributed by atoms with Crippen LogP contribution in [0.3, 0.4) is 0 Å². The van der Waals surface area contributed by atoms with Crippen LogP contribution in [0.15, 0.2) is 46.9 Å². The molecule has 0 aromatic heterocycles. The Morgan fingerprint density at radius 1 is 0.941 bits per heavy atom. The molecular weight excluding hydrogens is 340 g/mol. The van der Waals surface area contributed by atoms with Crippen LogP contribution >= 0.6 is 31.9 Å². The Labute approximate surface area is 118 Å². The average molecular weight is 352 g/mol. The van der Waals surface area contributed by atoms with E-state index in [0.717, 1.165) is 11.8 Å². The Morgan fingerprint density at radius 3 is 2.53 bits per heavy atom. The molecule has 0 saturated carbocycles. The van der Waals surface area contributed by atoms with Crippen molar-refractivity contribution in [2.45, 2.75) is 12.3 Å². The maximum Gasteiger partial charge on any atom is 0.0178 e. The number of fused-ring (bicyclic) bond motifs is 3. The molecule has 0 amide bonds. The molecule has 1 unspecified atom stereocenters. The zero-order valence-electron chi connectivity index (χ0n) is 9.29. The highest BCUT2D eigenvalue weighted by Gasteiger charge is 2.27. The van der Waals surface area contributed by atoms with Gasteiger partial charge in [-0.15, -0.1) is 0 Å². The molecule has 2 heteroatoms. The van der Waals surface area contributed by atoms with Crippen LogP contribution in [-0.4, -0.2) is 5.33 Å². The van der Waals surface area contributed by atoms with Crippen LogP contribution in [-0.2, 0) is 0 Å². The van der Waals surface area contributed by atoms with Crippen molar-refractivity contribution in [1.29, 1.82) is 0 Å². The summed E-state index contributed by atoms with van der Waals surface area (Å²) in [5, 5.41) is 1.04. The smallest absolute Gasteiger partial charge is 0.0178 e. The molecule has 0 nitrogen and oxygen atoms in total. The molecule has 0 spiro atoms. The second-order valence-corrected chi connectivity index (χ2v) is 6.06.